The minimum absolute atomic E-state index is 0.0172. The number of para-hydroxylation sites is 1. The Morgan fingerprint density at radius 3 is 1.95 bits per heavy atom. The Morgan fingerprint density at radius 2 is 1.37 bits per heavy atom. The van der Waals surface area contributed by atoms with Crippen molar-refractivity contribution >= 4 is 41.6 Å². The van der Waals surface area contributed by atoms with Gasteiger partial charge in [-0.15, -0.1) is 0 Å². The molecule has 3 nitrogen and oxygen atoms in total. The Bertz CT molecular complexity index is 1640. The van der Waals surface area contributed by atoms with Crippen molar-refractivity contribution in [3.63, 3.8) is 0 Å². The predicted molar refractivity (Wildman–Crippen MR) is 155 cm³/mol. The van der Waals surface area contributed by atoms with Gasteiger partial charge in [0.25, 0.3) is 0 Å². The van der Waals surface area contributed by atoms with Crippen LogP contribution in [0.15, 0.2) is 109 Å². The summed E-state index contributed by atoms with van der Waals surface area (Å²) >= 11 is 0. The van der Waals surface area contributed by atoms with Gasteiger partial charge < -0.3 is 0 Å². The summed E-state index contributed by atoms with van der Waals surface area (Å²) in [7, 11) is -8.53. The van der Waals surface area contributed by atoms with E-state index in [9.17, 15) is 30.0 Å². The Balaban J connectivity index is 0.000000493. The van der Waals surface area contributed by atoms with Crippen LogP contribution in [-0.4, -0.2) is 23.2 Å². The molecule has 5 rings (SSSR count). The van der Waals surface area contributed by atoms with Crippen LogP contribution in [0.4, 0.5) is 36.6 Å². The number of allylic oxidation sites excluding steroid dienone is 1. The molecule has 1 heterocycles. The molecule has 4 aromatic carbocycles. The third kappa shape index (κ3) is 7.61. The summed E-state index contributed by atoms with van der Waals surface area (Å²) in [6.07, 6.45) is 4.90. The molecular weight excluding hydrogens is 561 g/mol. The second-order valence-electron chi connectivity index (χ2n) is 10.1. The van der Waals surface area contributed by atoms with E-state index in [-0.39, 0.29) is 11.3 Å². The number of halogens is 6. The number of benzene rings is 4. The van der Waals surface area contributed by atoms with Crippen molar-refractivity contribution in [1.82, 2.24) is 0 Å². The molecule has 0 radical (unpaired) electrons. The van der Waals surface area contributed by atoms with E-state index < -0.39 is 7.81 Å². The van der Waals surface area contributed by atoms with E-state index in [1.54, 1.807) is 11.8 Å². The molecule has 1 aliphatic rings. The van der Waals surface area contributed by atoms with Gasteiger partial charge in [0.05, 0.1) is 5.41 Å². The molecule has 0 spiro atoms. The maximum absolute atomic E-state index is 12.5. The molecule has 0 N–H and O–H groups in total. The Labute approximate surface area is 234 Å². The third-order valence-corrected chi connectivity index (χ3v) is 6.90. The molecule has 4 aromatic rings. The molecule has 1 atom stereocenters. The molecule has 0 saturated carbocycles. The number of carbonyl (C=O) groups excluding carboxylic acids is 1. The molecule has 0 aromatic heterocycles. The predicted octanol–water partition coefficient (Wildman–Crippen LogP) is 10.0. The standard InChI is InChI=1S/C31H29N2O.F6P/c1-23(34)33(26-15-8-5-9-16-26)21-20-29-31(2,22-24-12-6-4-7-13-24)30-27-17-11-10-14-25(27)18-19-28(30)32(29)3;1-7(2,3,4,5)6/h4-21H,22H2,1-3H3;/q+1;-1. The van der Waals surface area contributed by atoms with Crippen molar-refractivity contribution in [2.24, 2.45) is 0 Å². The topological polar surface area (TPSA) is 23.3 Å². The van der Waals surface area contributed by atoms with E-state index in [4.69, 9.17) is 0 Å². The van der Waals surface area contributed by atoms with E-state index in [1.807, 2.05) is 36.5 Å². The fourth-order valence-corrected chi connectivity index (χ4v) is 5.33. The summed E-state index contributed by atoms with van der Waals surface area (Å²) in [6, 6.07) is 33.5. The van der Waals surface area contributed by atoms with Crippen molar-refractivity contribution in [3.05, 3.63) is 120 Å². The number of hydrogen-bond acceptors (Lipinski definition) is 1. The van der Waals surface area contributed by atoms with E-state index >= 15 is 0 Å². The van der Waals surface area contributed by atoms with Crippen LogP contribution in [0.3, 0.4) is 0 Å². The van der Waals surface area contributed by atoms with Gasteiger partial charge in [-0.3, -0.25) is 9.69 Å². The minimum atomic E-state index is -10.7. The summed E-state index contributed by atoms with van der Waals surface area (Å²) in [4.78, 5) is 14.2. The van der Waals surface area contributed by atoms with Crippen molar-refractivity contribution < 1.29 is 34.6 Å². The molecule has 1 aliphatic heterocycles. The summed E-state index contributed by atoms with van der Waals surface area (Å²) in [6.45, 7) is 3.93. The van der Waals surface area contributed by atoms with Gasteiger partial charge in [-0.2, -0.15) is 4.58 Å². The van der Waals surface area contributed by atoms with Crippen LogP contribution >= 0.6 is 7.81 Å². The van der Waals surface area contributed by atoms with Crippen LogP contribution in [0, 0.1) is 0 Å². The first kappa shape index (κ1) is 30.0. The quantitative estimate of drug-likeness (QED) is 0.129. The maximum atomic E-state index is 12.5. The summed E-state index contributed by atoms with van der Waals surface area (Å²) in [5.41, 5.74) is 5.61. The van der Waals surface area contributed by atoms with Gasteiger partial charge in [-0.25, -0.2) is 0 Å². The molecule has 0 fully saturated rings. The average Bonchev–Trinajstić information content (AvgIpc) is 3.09. The van der Waals surface area contributed by atoms with E-state index in [0.717, 1.165) is 12.1 Å². The van der Waals surface area contributed by atoms with Crippen LogP contribution in [0.2, 0.25) is 0 Å². The van der Waals surface area contributed by atoms with E-state index in [1.165, 1.54) is 33.3 Å². The third-order valence-electron chi connectivity index (χ3n) is 6.90. The van der Waals surface area contributed by atoms with Crippen LogP contribution in [0.1, 0.15) is 25.0 Å². The number of rotatable bonds is 5. The zero-order valence-corrected chi connectivity index (χ0v) is 23.5. The zero-order chi connectivity index (χ0) is 30.1. The molecule has 1 amide bonds. The van der Waals surface area contributed by atoms with Gasteiger partial charge in [0.1, 0.15) is 7.05 Å². The SMILES string of the molecule is CC(=O)N(/C=C/C1=[N+](C)c2ccc3ccccc3c2C1(C)Cc1ccccc1)c1ccccc1.F[P-](F)(F)(F)(F)F. The molecule has 10 heteroatoms. The molecule has 41 heavy (non-hydrogen) atoms. The normalized spacial score (nSPS) is 18.4. The van der Waals surface area contributed by atoms with E-state index in [0.29, 0.717) is 0 Å². The summed E-state index contributed by atoms with van der Waals surface area (Å²) < 4.78 is 61.5. The molecule has 0 saturated heterocycles. The van der Waals surface area contributed by atoms with Crippen molar-refractivity contribution in [3.8, 4) is 0 Å². The molecule has 216 valence electrons. The fraction of sp³-hybridized carbons (Fsp3) is 0.161. The first-order chi connectivity index (χ1) is 18.9. The summed E-state index contributed by atoms with van der Waals surface area (Å²) in [5.74, 6) is -0.0172. The summed E-state index contributed by atoms with van der Waals surface area (Å²) in [5, 5.41) is 2.52. The fourth-order valence-electron chi connectivity index (χ4n) is 5.33. The molecule has 1 unspecified atom stereocenters. The monoisotopic (exact) mass is 590 g/mol. The number of carbonyl (C=O) groups is 1. The van der Waals surface area contributed by atoms with Crippen molar-refractivity contribution in [2.45, 2.75) is 25.7 Å². The molecular formula is C31H29F6N2OP. The Morgan fingerprint density at radius 1 is 0.829 bits per heavy atom. The van der Waals surface area contributed by atoms with Crippen LogP contribution in [0.25, 0.3) is 10.8 Å². The number of amides is 1. The molecule has 0 bridgehead atoms. The van der Waals surface area contributed by atoms with Gasteiger partial charge in [0, 0.05) is 36.5 Å². The van der Waals surface area contributed by atoms with Crippen LogP contribution < -0.4 is 4.90 Å². The second kappa shape index (κ2) is 10.1. The van der Waals surface area contributed by atoms with Gasteiger partial charge in [0.15, 0.2) is 5.71 Å². The van der Waals surface area contributed by atoms with Gasteiger partial charge in [-0.05, 0) is 47.9 Å². The number of nitrogens with zero attached hydrogens (tertiary/aromatic N) is 2. The Hall–Kier alpha value is -3.97. The number of anilines is 1. The van der Waals surface area contributed by atoms with Gasteiger partial charge in [-0.1, -0.05) is 72.8 Å². The first-order valence-corrected chi connectivity index (χ1v) is 14.7. The zero-order valence-electron chi connectivity index (χ0n) is 22.6. The van der Waals surface area contributed by atoms with Gasteiger partial charge in [0.2, 0.25) is 11.6 Å². The van der Waals surface area contributed by atoms with Crippen molar-refractivity contribution in [2.75, 3.05) is 11.9 Å². The van der Waals surface area contributed by atoms with Crippen LogP contribution in [0.5, 0.6) is 0 Å². The van der Waals surface area contributed by atoms with Crippen LogP contribution in [-0.2, 0) is 16.6 Å². The van der Waals surface area contributed by atoms with Crippen molar-refractivity contribution in [1.29, 1.82) is 0 Å². The number of fused-ring (bicyclic) bond motifs is 3. The van der Waals surface area contributed by atoms with E-state index in [2.05, 4.69) is 91.4 Å². The number of hydrogen-bond donors (Lipinski definition) is 0. The average molecular weight is 591 g/mol. The van der Waals surface area contributed by atoms with Gasteiger partial charge >= 0.3 is 33.0 Å². The second-order valence-corrected chi connectivity index (χ2v) is 12.0. The molecule has 0 aliphatic carbocycles. The Kier molecular flexibility index (Phi) is 7.42. The first-order valence-electron chi connectivity index (χ1n) is 12.7.